The van der Waals surface area contributed by atoms with Crippen molar-refractivity contribution in [1.82, 2.24) is 9.97 Å². The Bertz CT molecular complexity index is 787. The zero-order valence-corrected chi connectivity index (χ0v) is 16.0. The molecule has 7 heteroatoms. The van der Waals surface area contributed by atoms with Crippen LogP contribution in [0.3, 0.4) is 0 Å². The monoisotopic (exact) mass is 365 g/mol. The van der Waals surface area contributed by atoms with Crippen LogP contribution in [0.1, 0.15) is 36.9 Å². The number of aryl methyl sites for hydroxylation is 2. The Morgan fingerprint density at radius 2 is 1.93 bits per heavy atom. The summed E-state index contributed by atoms with van der Waals surface area (Å²) < 4.78 is 0. The number of aromatic nitrogens is 2. The number of nitrogens with one attached hydrogen (secondary N) is 3. The number of nitrogens with zero attached hydrogens (tertiary/aromatic N) is 4. The summed E-state index contributed by atoms with van der Waals surface area (Å²) in [5.74, 6) is 1.65. The van der Waals surface area contributed by atoms with E-state index in [1.807, 2.05) is 38.1 Å². The lowest BCUT2D eigenvalue weighted by molar-refractivity contribution is 0.726. The number of pyridine rings is 2. The predicted octanol–water partition coefficient (Wildman–Crippen LogP) is 3.96. The van der Waals surface area contributed by atoms with Crippen molar-refractivity contribution in [2.24, 2.45) is 4.99 Å². The third kappa shape index (κ3) is 5.77. The quantitative estimate of drug-likeness (QED) is 0.564. The number of aliphatic imine (C=N–C) groups is 1. The van der Waals surface area contributed by atoms with E-state index in [9.17, 15) is 0 Å². The maximum Gasteiger partial charge on any atom is 0.222 e. The normalized spacial score (nSPS) is 14.8. The number of guanidine groups is 1. The van der Waals surface area contributed by atoms with Gasteiger partial charge in [0.25, 0.3) is 0 Å². The molecule has 0 unspecified atom stereocenters. The third-order valence-corrected chi connectivity index (χ3v) is 4.44. The fraction of sp³-hybridized carbons (Fsp3) is 0.400. The summed E-state index contributed by atoms with van der Waals surface area (Å²) in [4.78, 5) is 15.3. The minimum atomic E-state index is 0.0294. The second-order valence-corrected chi connectivity index (χ2v) is 6.85. The molecule has 0 aromatic carbocycles. The van der Waals surface area contributed by atoms with Crippen LogP contribution >= 0.6 is 0 Å². The molecule has 1 saturated heterocycles. The van der Waals surface area contributed by atoms with Crippen molar-refractivity contribution in [2.75, 3.05) is 28.6 Å². The highest BCUT2D eigenvalue weighted by Gasteiger charge is 2.11. The Labute approximate surface area is 160 Å². The van der Waals surface area contributed by atoms with Crippen molar-refractivity contribution in [2.45, 2.75) is 39.5 Å². The average Bonchev–Trinajstić information content (AvgIpc) is 2.90. The lowest BCUT2D eigenvalue weighted by Crippen LogP contribution is -2.24. The summed E-state index contributed by atoms with van der Waals surface area (Å²) in [5, 5.41) is 14.0. The van der Waals surface area contributed by atoms with Gasteiger partial charge in [0.2, 0.25) is 5.96 Å². The molecule has 142 valence electrons. The first kappa shape index (κ1) is 18.8. The summed E-state index contributed by atoms with van der Waals surface area (Å²) in [5.41, 5.74) is 2.91. The minimum absolute atomic E-state index is 0.0294. The lowest BCUT2D eigenvalue weighted by Gasteiger charge is -2.21. The Hall–Kier alpha value is -2.96. The number of rotatable bonds is 4. The van der Waals surface area contributed by atoms with Crippen LogP contribution in [-0.4, -0.2) is 35.4 Å². The standard InChI is InChI=1S/C20H27N7/c1-15-11-16(2)25-18(12-15)26-20(21)24-14-23-17-7-8-22-19(13-17)27-9-5-3-4-6-10-27/h7-8,11-14H,3-6,9-10H2,1-2H3,(H3,21,22,23,24,25,26). The van der Waals surface area contributed by atoms with Crippen molar-refractivity contribution in [3.8, 4) is 0 Å². The van der Waals surface area contributed by atoms with E-state index in [1.165, 1.54) is 32.0 Å². The van der Waals surface area contributed by atoms with Gasteiger partial charge in [-0.05, 0) is 50.5 Å². The summed E-state index contributed by atoms with van der Waals surface area (Å²) in [7, 11) is 0. The van der Waals surface area contributed by atoms with Crippen molar-refractivity contribution in [3.05, 3.63) is 41.7 Å². The maximum atomic E-state index is 7.95. The summed E-state index contributed by atoms with van der Waals surface area (Å²) in [6.07, 6.45) is 8.35. The summed E-state index contributed by atoms with van der Waals surface area (Å²) in [6, 6.07) is 7.81. The third-order valence-electron chi connectivity index (χ3n) is 4.44. The van der Waals surface area contributed by atoms with E-state index >= 15 is 0 Å². The van der Waals surface area contributed by atoms with E-state index in [4.69, 9.17) is 5.41 Å². The molecule has 1 aliphatic rings. The molecule has 3 N–H and O–H groups in total. The highest BCUT2D eigenvalue weighted by molar-refractivity contribution is 5.97. The fourth-order valence-corrected chi connectivity index (χ4v) is 3.21. The molecule has 0 spiro atoms. The summed E-state index contributed by atoms with van der Waals surface area (Å²) >= 11 is 0. The second-order valence-electron chi connectivity index (χ2n) is 6.85. The van der Waals surface area contributed by atoms with Gasteiger partial charge >= 0.3 is 0 Å². The van der Waals surface area contributed by atoms with Gasteiger partial charge in [-0.1, -0.05) is 12.8 Å². The average molecular weight is 365 g/mol. The molecular formula is C20H27N7. The van der Waals surface area contributed by atoms with Crippen LogP contribution in [0, 0.1) is 19.3 Å². The molecule has 2 aromatic heterocycles. The molecule has 2 aromatic rings. The number of hydrogen-bond acceptors (Lipinski definition) is 4. The van der Waals surface area contributed by atoms with Gasteiger partial charge in [-0.2, -0.15) is 0 Å². The second kappa shape index (κ2) is 9.12. The Morgan fingerprint density at radius 3 is 2.67 bits per heavy atom. The van der Waals surface area contributed by atoms with Crippen LogP contribution in [0.5, 0.6) is 0 Å². The molecule has 1 aliphatic heterocycles. The molecule has 27 heavy (non-hydrogen) atoms. The van der Waals surface area contributed by atoms with Gasteiger partial charge in [0, 0.05) is 36.7 Å². The Balaban J connectivity index is 1.57. The van der Waals surface area contributed by atoms with Gasteiger partial charge in [0.15, 0.2) is 0 Å². The fourth-order valence-electron chi connectivity index (χ4n) is 3.21. The molecule has 3 rings (SSSR count). The van der Waals surface area contributed by atoms with E-state index in [1.54, 1.807) is 6.20 Å². The predicted molar refractivity (Wildman–Crippen MR) is 112 cm³/mol. The molecular weight excluding hydrogens is 338 g/mol. The van der Waals surface area contributed by atoms with Crippen LogP contribution in [0.4, 0.5) is 17.3 Å². The zero-order chi connectivity index (χ0) is 19.1. The van der Waals surface area contributed by atoms with Crippen molar-refractivity contribution in [1.29, 1.82) is 5.41 Å². The molecule has 3 heterocycles. The van der Waals surface area contributed by atoms with Crippen LogP contribution in [0.15, 0.2) is 35.5 Å². The molecule has 0 saturated carbocycles. The van der Waals surface area contributed by atoms with Crippen molar-refractivity contribution >= 4 is 29.6 Å². The van der Waals surface area contributed by atoms with Crippen molar-refractivity contribution < 1.29 is 0 Å². The highest BCUT2D eigenvalue weighted by atomic mass is 15.2. The van der Waals surface area contributed by atoms with E-state index in [-0.39, 0.29) is 5.96 Å². The molecule has 0 atom stereocenters. The SMILES string of the molecule is Cc1cc(C)nc(NC(=N)/N=C\Nc2ccnc(N3CCCCCC3)c2)c1. The van der Waals surface area contributed by atoms with Crippen LogP contribution in [-0.2, 0) is 0 Å². The first-order chi connectivity index (χ1) is 13.1. The molecule has 0 amide bonds. The topological polar surface area (TPSA) is 89.3 Å². The molecule has 0 aliphatic carbocycles. The maximum absolute atomic E-state index is 7.95. The van der Waals surface area contributed by atoms with E-state index < -0.39 is 0 Å². The highest BCUT2D eigenvalue weighted by Crippen LogP contribution is 2.20. The molecule has 1 fully saturated rings. The molecule has 7 nitrogen and oxygen atoms in total. The van der Waals surface area contributed by atoms with Crippen LogP contribution < -0.4 is 15.5 Å². The molecule has 0 bridgehead atoms. The van der Waals surface area contributed by atoms with Gasteiger partial charge in [-0.25, -0.2) is 15.0 Å². The summed E-state index contributed by atoms with van der Waals surface area (Å²) in [6.45, 7) is 6.04. The zero-order valence-electron chi connectivity index (χ0n) is 16.0. The van der Waals surface area contributed by atoms with Crippen LogP contribution in [0.25, 0.3) is 0 Å². The van der Waals surface area contributed by atoms with Crippen LogP contribution in [0.2, 0.25) is 0 Å². The first-order valence-electron chi connectivity index (χ1n) is 9.41. The van der Waals surface area contributed by atoms with E-state index in [0.29, 0.717) is 5.82 Å². The van der Waals surface area contributed by atoms with Gasteiger partial charge in [-0.3, -0.25) is 5.41 Å². The number of anilines is 3. The molecule has 0 radical (unpaired) electrons. The van der Waals surface area contributed by atoms with E-state index in [0.717, 1.165) is 35.9 Å². The first-order valence-corrected chi connectivity index (χ1v) is 9.41. The Kier molecular flexibility index (Phi) is 6.35. The lowest BCUT2D eigenvalue weighted by atomic mass is 10.2. The van der Waals surface area contributed by atoms with Gasteiger partial charge < -0.3 is 15.5 Å². The Morgan fingerprint density at radius 1 is 1.15 bits per heavy atom. The van der Waals surface area contributed by atoms with Gasteiger partial charge in [0.1, 0.15) is 11.6 Å². The van der Waals surface area contributed by atoms with Crippen molar-refractivity contribution in [3.63, 3.8) is 0 Å². The van der Waals surface area contributed by atoms with E-state index in [2.05, 4.69) is 30.5 Å². The van der Waals surface area contributed by atoms with Gasteiger partial charge in [-0.15, -0.1) is 0 Å². The smallest absolute Gasteiger partial charge is 0.222 e. The largest absolute Gasteiger partial charge is 0.357 e. The minimum Gasteiger partial charge on any atom is -0.357 e. The van der Waals surface area contributed by atoms with Gasteiger partial charge in [0.05, 0.1) is 6.34 Å². The number of hydrogen-bond donors (Lipinski definition) is 3.